The maximum absolute atomic E-state index is 8.49. The van der Waals surface area contributed by atoms with E-state index in [9.17, 15) is 0 Å². The summed E-state index contributed by atoms with van der Waals surface area (Å²) in [6.07, 6.45) is 14.7. The average Bonchev–Trinajstić information content (AvgIpc) is 3.48. The van der Waals surface area contributed by atoms with Crippen LogP contribution in [-0.4, -0.2) is 23.1 Å². The van der Waals surface area contributed by atoms with Gasteiger partial charge in [0.25, 0.3) is 0 Å². The summed E-state index contributed by atoms with van der Waals surface area (Å²) in [6, 6.07) is 8.75. The van der Waals surface area contributed by atoms with Crippen molar-refractivity contribution < 1.29 is 4.11 Å². The van der Waals surface area contributed by atoms with Gasteiger partial charge in [0.2, 0.25) is 0 Å². The molecule has 2 aliphatic heterocycles. The van der Waals surface area contributed by atoms with Crippen LogP contribution in [0.5, 0.6) is 0 Å². The molecule has 3 fully saturated rings. The summed E-state index contributed by atoms with van der Waals surface area (Å²) in [6.45, 7) is 2.34. The SMILES string of the molecule is [2H]C([2H])([2H])C1N2C=CC(C3CCCC3)(C3CCCC3)C2[C@H](C)N1c1ccccc1C. The van der Waals surface area contributed by atoms with Crippen molar-refractivity contribution in [3.63, 3.8) is 0 Å². The summed E-state index contributed by atoms with van der Waals surface area (Å²) in [7, 11) is 0. The molecule has 2 saturated carbocycles. The van der Waals surface area contributed by atoms with Gasteiger partial charge >= 0.3 is 0 Å². The molecule has 2 heteroatoms. The Labute approximate surface area is 169 Å². The van der Waals surface area contributed by atoms with Gasteiger partial charge in [-0.15, -0.1) is 0 Å². The maximum Gasteiger partial charge on any atom is 0.0989 e. The van der Waals surface area contributed by atoms with Crippen LogP contribution in [0, 0.1) is 24.2 Å². The molecule has 2 nitrogen and oxygen atoms in total. The van der Waals surface area contributed by atoms with Crippen LogP contribution in [0.15, 0.2) is 36.5 Å². The number of rotatable bonds is 3. The highest BCUT2D eigenvalue weighted by molar-refractivity contribution is 5.56. The fraction of sp³-hybridized carbons (Fsp3) is 0.680. The van der Waals surface area contributed by atoms with Crippen LogP contribution in [0.1, 0.15) is 74.8 Å². The lowest BCUT2D eigenvalue weighted by Crippen LogP contribution is -2.51. The van der Waals surface area contributed by atoms with Crippen LogP contribution in [0.4, 0.5) is 5.69 Å². The van der Waals surface area contributed by atoms with Crippen LogP contribution >= 0.6 is 0 Å². The van der Waals surface area contributed by atoms with Crippen molar-refractivity contribution in [1.82, 2.24) is 4.90 Å². The van der Waals surface area contributed by atoms with Gasteiger partial charge in [-0.2, -0.15) is 0 Å². The van der Waals surface area contributed by atoms with Gasteiger partial charge in [0.1, 0.15) is 0 Å². The molecular weight excluding hydrogens is 328 g/mol. The molecule has 0 radical (unpaired) electrons. The van der Waals surface area contributed by atoms with Gasteiger partial charge < -0.3 is 9.80 Å². The van der Waals surface area contributed by atoms with Crippen molar-refractivity contribution in [2.75, 3.05) is 4.90 Å². The van der Waals surface area contributed by atoms with Crippen LogP contribution in [0.25, 0.3) is 0 Å². The van der Waals surface area contributed by atoms with E-state index >= 15 is 0 Å². The van der Waals surface area contributed by atoms with Crippen molar-refractivity contribution in [3.05, 3.63) is 42.1 Å². The molecule has 27 heavy (non-hydrogen) atoms. The molecule has 0 aromatic heterocycles. The molecular formula is C25H36N2. The predicted octanol–water partition coefficient (Wildman–Crippen LogP) is 6.11. The normalized spacial score (nSPS) is 35.5. The summed E-state index contributed by atoms with van der Waals surface area (Å²) in [5.41, 5.74) is 2.38. The summed E-state index contributed by atoms with van der Waals surface area (Å²) in [5, 5.41) is 0. The fourth-order valence-corrected chi connectivity index (χ4v) is 7.23. The van der Waals surface area contributed by atoms with E-state index in [2.05, 4.69) is 48.1 Å². The van der Waals surface area contributed by atoms with Crippen molar-refractivity contribution in [1.29, 1.82) is 0 Å². The van der Waals surface area contributed by atoms with E-state index in [-0.39, 0.29) is 17.5 Å². The molecule has 2 aliphatic carbocycles. The minimum absolute atomic E-state index is 0.132. The van der Waals surface area contributed by atoms with Crippen LogP contribution < -0.4 is 4.90 Å². The molecule has 5 rings (SSSR count). The minimum Gasteiger partial charge on any atom is -0.352 e. The molecule has 2 heterocycles. The fourth-order valence-electron chi connectivity index (χ4n) is 7.23. The smallest absolute Gasteiger partial charge is 0.0989 e. The summed E-state index contributed by atoms with van der Waals surface area (Å²) >= 11 is 0. The van der Waals surface area contributed by atoms with E-state index in [1.807, 2.05) is 12.1 Å². The lowest BCUT2D eigenvalue weighted by molar-refractivity contribution is 0.0561. The molecule has 0 amide bonds. The Morgan fingerprint density at radius 3 is 2.22 bits per heavy atom. The van der Waals surface area contributed by atoms with Gasteiger partial charge in [0.05, 0.1) is 12.2 Å². The standard InChI is InChI=1S/C25H36N2/c1-18-10-4-9-15-23(18)27-19(2)24-25(21-11-5-6-12-21,22-13-7-8-14-22)16-17-26(24)20(27)3/h4,9-10,15-17,19-22,24H,5-8,11-14H2,1-3H3/t19-,20?,24?/m0/s1/i3D3. The Bertz CT molecular complexity index is 789. The first kappa shape index (κ1) is 14.5. The number of anilines is 1. The molecule has 0 N–H and O–H groups in total. The van der Waals surface area contributed by atoms with Crippen molar-refractivity contribution in [2.45, 2.75) is 90.3 Å². The first-order chi connectivity index (χ1) is 14.4. The third-order valence-electron chi connectivity index (χ3n) is 8.33. The van der Waals surface area contributed by atoms with E-state index in [0.29, 0.717) is 11.8 Å². The summed E-state index contributed by atoms with van der Waals surface area (Å²) < 4.78 is 25.5. The van der Waals surface area contributed by atoms with Gasteiger partial charge in [-0.1, -0.05) is 50.0 Å². The van der Waals surface area contributed by atoms with Gasteiger partial charge in [0.15, 0.2) is 0 Å². The highest BCUT2D eigenvalue weighted by Crippen LogP contribution is 2.60. The number of hydrogen-bond donors (Lipinski definition) is 0. The van der Waals surface area contributed by atoms with Gasteiger partial charge in [-0.3, -0.25) is 0 Å². The second-order valence-corrected chi connectivity index (χ2v) is 9.48. The Balaban J connectivity index is 1.63. The van der Waals surface area contributed by atoms with E-state index in [4.69, 9.17) is 4.11 Å². The number of hydrogen-bond acceptors (Lipinski definition) is 2. The Morgan fingerprint density at radius 1 is 1.00 bits per heavy atom. The van der Waals surface area contributed by atoms with Crippen LogP contribution in [-0.2, 0) is 0 Å². The maximum atomic E-state index is 8.49. The largest absolute Gasteiger partial charge is 0.352 e. The van der Waals surface area contributed by atoms with Crippen LogP contribution in [0.3, 0.4) is 0 Å². The van der Waals surface area contributed by atoms with Crippen LogP contribution in [0.2, 0.25) is 0 Å². The zero-order valence-corrected chi connectivity index (χ0v) is 16.9. The highest BCUT2D eigenvalue weighted by atomic mass is 15.5. The Kier molecular flexibility index (Phi) is 3.54. The monoisotopic (exact) mass is 367 g/mol. The molecule has 2 unspecified atom stereocenters. The Hall–Kier alpha value is -1.44. The van der Waals surface area contributed by atoms with E-state index < -0.39 is 13.0 Å². The third kappa shape index (κ3) is 2.44. The average molecular weight is 368 g/mol. The molecule has 1 aromatic rings. The van der Waals surface area contributed by atoms with Crippen molar-refractivity contribution in [2.24, 2.45) is 17.3 Å². The molecule has 4 aliphatic rings. The van der Waals surface area contributed by atoms with Crippen molar-refractivity contribution in [3.8, 4) is 0 Å². The number of nitrogens with zero attached hydrogens (tertiary/aromatic N) is 2. The van der Waals surface area contributed by atoms with E-state index in [1.54, 1.807) is 0 Å². The topological polar surface area (TPSA) is 6.48 Å². The molecule has 146 valence electrons. The van der Waals surface area contributed by atoms with Gasteiger partial charge in [0, 0.05) is 21.3 Å². The number of aryl methyl sites for hydroxylation is 1. The predicted molar refractivity (Wildman–Crippen MR) is 114 cm³/mol. The number of fused-ring (bicyclic) bond motifs is 1. The molecule has 0 spiro atoms. The first-order valence-electron chi connectivity index (χ1n) is 12.7. The summed E-state index contributed by atoms with van der Waals surface area (Å²) in [4.78, 5) is 4.51. The molecule has 3 atom stereocenters. The van der Waals surface area contributed by atoms with E-state index in [1.165, 1.54) is 51.4 Å². The zero-order chi connectivity index (χ0) is 21.1. The highest BCUT2D eigenvalue weighted by Gasteiger charge is 2.60. The number of benzene rings is 1. The number of para-hydroxylation sites is 1. The van der Waals surface area contributed by atoms with E-state index in [0.717, 1.165) is 11.3 Å². The van der Waals surface area contributed by atoms with Crippen molar-refractivity contribution >= 4 is 5.69 Å². The summed E-state index contributed by atoms with van der Waals surface area (Å²) in [5.74, 6) is 1.40. The minimum atomic E-state index is -2.06. The quantitative estimate of drug-likeness (QED) is 0.635. The Morgan fingerprint density at radius 2 is 1.63 bits per heavy atom. The molecule has 0 bridgehead atoms. The van der Waals surface area contributed by atoms with Gasteiger partial charge in [-0.05, 0) is 76.0 Å². The molecule has 1 saturated heterocycles. The lowest BCUT2D eigenvalue weighted by Gasteiger charge is -2.47. The zero-order valence-electron chi connectivity index (χ0n) is 19.9. The first-order valence-corrected chi connectivity index (χ1v) is 11.2. The van der Waals surface area contributed by atoms with Gasteiger partial charge in [-0.25, -0.2) is 0 Å². The second kappa shape index (κ2) is 6.57. The molecule has 1 aromatic carbocycles. The lowest BCUT2D eigenvalue weighted by atomic mass is 9.60. The second-order valence-electron chi connectivity index (χ2n) is 9.48. The third-order valence-corrected chi connectivity index (χ3v) is 8.33.